The molecule has 0 atom stereocenters. The number of halogens is 3. The topological polar surface area (TPSA) is 71.5 Å². The maximum Gasteiger partial charge on any atom is 0.410 e. The number of fused-ring (bicyclic) bond motifs is 1. The van der Waals surface area contributed by atoms with Gasteiger partial charge in [-0.25, -0.2) is 4.79 Å². The fourth-order valence-corrected chi connectivity index (χ4v) is 3.81. The van der Waals surface area contributed by atoms with Crippen LogP contribution in [-0.4, -0.2) is 35.0 Å². The minimum atomic E-state index is -0.380. The molecular weight excluding hydrogens is 413 g/mol. The number of carbonyl (C=O) groups is 2. The van der Waals surface area contributed by atoms with Crippen molar-refractivity contribution in [3.8, 4) is 0 Å². The average Bonchev–Trinajstić information content (AvgIpc) is 2.63. The average molecular weight is 429 g/mol. The van der Waals surface area contributed by atoms with Gasteiger partial charge in [0.15, 0.2) is 0 Å². The summed E-state index contributed by atoms with van der Waals surface area (Å²) in [5.41, 5.74) is 2.34. The summed E-state index contributed by atoms with van der Waals surface area (Å²) in [7, 11) is 0. The summed E-state index contributed by atoms with van der Waals surface area (Å²) >= 11 is 18.2. The van der Waals surface area contributed by atoms with Crippen LogP contribution in [0.3, 0.4) is 0 Å². The number of anilines is 1. The number of hydrogen-bond acceptors (Lipinski definition) is 4. The van der Waals surface area contributed by atoms with Gasteiger partial charge in [0.05, 0.1) is 34.4 Å². The monoisotopic (exact) mass is 427 g/mol. The summed E-state index contributed by atoms with van der Waals surface area (Å²) in [6.07, 6.45) is 3.28. The van der Waals surface area contributed by atoms with Crippen LogP contribution in [0.5, 0.6) is 0 Å². The first kappa shape index (κ1) is 19.7. The van der Waals surface area contributed by atoms with Gasteiger partial charge in [-0.05, 0) is 36.6 Å². The first-order chi connectivity index (χ1) is 12.9. The number of amides is 2. The molecule has 2 amide bonds. The van der Waals surface area contributed by atoms with E-state index in [2.05, 4.69) is 10.3 Å². The number of nitrogens with one attached hydrogen (secondary N) is 1. The number of carbonyl (C=O) groups excluding carboxylic acids is 2. The van der Waals surface area contributed by atoms with E-state index in [1.54, 1.807) is 18.0 Å². The number of pyridine rings is 1. The molecule has 9 heteroatoms. The molecule has 6 nitrogen and oxygen atoms in total. The van der Waals surface area contributed by atoms with Crippen LogP contribution in [-0.2, 0) is 17.7 Å². The van der Waals surface area contributed by atoms with E-state index in [9.17, 15) is 9.59 Å². The van der Waals surface area contributed by atoms with Crippen LogP contribution in [0.25, 0.3) is 0 Å². The van der Waals surface area contributed by atoms with Crippen molar-refractivity contribution in [2.45, 2.75) is 19.9 Å². The van der Waals surface area contributed by atoms with Gasteiger partial charge in [-0.3, -0.25) is 9.78 Å². The van der Waals surface area contributed by atoms with Gasteiger partial charge in [0, 0.05) is 24.0 Å². The van der Waals surface area contributed by atoms with E-state index in [0.717, 1.165) is 11.1 Å². The van der Waals surface area contributed by atoms with E-state index in [1.165, 1.54) is 18.3 Å². The molecule has 1 aliphatic heterocycles. The molecule has 27 heavy (non-hydrogen) atoms. The maximum absolute atomic E-state index is 12.8. The first-order valence-corrected chi connectivity index (χ1v) is 9.37. The molecule has 1 aliphatic rings. The number of benzene rings is 1. The van der Waals surface area contributed by atoms with Crippen LogP contribution in [0.15, 0.2) is 24.5 Å². The molecule has 0 saturated carbocycles. The fraction of sp³-hybridized carbons (Fsp3) is 0.278. The van der Waals surface area contributed by atoms with Crippen molar-refractivity contribution in [3.63, 3.8) is 0 Å². The summed E-state index contributed by atoms with van der Waals surface area (Å²) < 4.78 is 5.04. The van der Waals surface area contributed by atoms with Crippen molar-refractivity contribution >= 4 is 52.5 Å². The lowest BCUT2D eigenvalue weighted by atomic mass is 9.97. The number of nitrogens with zero attached hydrogens (tertiary/aromatic N) is 2. The minimum Gasteiger partial charge on any atom is -0.450 e. The Hall–Kier alpha value is -2.02. The van der Waals surface area contributed by atoms with Gasteiger partial charge >= 0.3 is 6.09 Å². The standard InChI is InChI=1S/C18H16Cl3N3O3/c1-2-27-18(26)24-4-3-12-10(9-24)7-22-8-13(12)17(25)23-16-14(20)5-11(19)6-15(16)21/h5-8H,2-4,9H2,1H3,(H,23,25). The van der Waals surface area contributed by atoms with Gasteiger partial charge < -0.3 is 15.0 Å². The van der Waals surface area contributed by atoms with Crippen molar-refractivity contribution in [2.24, 2.45) is 0 Å². The zero-order valence-electron chi connectivity index (χ0n) is 14.4. The molecule has 1 aromatic heterocycles. The van der Waals surface area contributed by atoms with Crippen molar-refractivity contribution in [1.82, 2.24) is 9.88 Å². The maximum atomic E-state index is 12.8. The Morgan fingerprint density at radius 3 is 2.59 bits per heavy atom. The normalized spacial score (nSPS) is 13.1. The Kier molecular flexibility index (Phi) is 6.09. The van der Waals surface area contributed by atoms with Crippen molar-refractivity contribution < 1.29 is 14.3 Å². The molecular formula is C18H16Cl3N3O3. The number of aromatic nitrogens is 1. The highest BCUT2D eigenvalue weighted by Gasteiger charge is 2.26. The van der Waals surface area contributed by atoms with Gasteiger partial charge in [-0.15, -0.1) is 0 Å². The van der Waals surface area contributed by atoms with E-state index in [4.69, 9.17) is 39.5 Å². The van der Waals surface area contributed by atoms with Crippen LogP contribution in [0.2, 0.25) is 15.1 Å². The molecule has 0 spiro atoms. The quantitative estimate of drug-likeness (QED) is 0.761. The first-order valence-electron chi connectivity index (χ1n) is 8.24. The van der Waals surface area contributed by atoms with Crippen molar-refractivity contribution in [1.29, 1.82) is 0 Å². The predicted molar refractivity (Wildman–Crippen MR) is 105 cm³/mol. The Morgan fingerprint density at radius 2 is 1.93 bits per heavy atom. The van der Waals surface area contributed by atoms with Crippen LogP contribution in [0.1, 0.15) is 28.4 Å². The molecule has 142 valence electrons. The SMILES string of the molecule is CCOC(=O)N1CCc2c(cncc2C(=O)Nc2c(Cl)cc(Cl)cc2Cl)C1. The van der Waals surface area contributed by atoms with Crippen LogP contribution >= 0.6 is 34.8 Å². The lowest BCUT2D eigenvalue weighted by Crippen LogP contribution is -2.37. The van der Waals surface area contributed by atoms with Gasteiger partial charge in [-0.1, -0.05) is 34.8 Å². The summed E-state index contributed by atoms with van der Waals surface area (Å²) in [4.78, 5) is 30.4. The Morgan fingerprint density at radius 1 is 1.22 bits per heavy atom. The second-order valence-electron chi connectivity index (χ2n) is 5.89. The highest BCUT2D eigenvalue weighted by molar-refractivity contribution is 6.42. The molecule has 1 N–H and O–H groups in total. The Balaban J connectivity index is 1.84. The molecule has 0 unspecified atom stereocenters. The van der Waals surface area contributed by atoms with Crippen molar-refractivity contribution in [3.05, 3.63) is 56.3 Å². The molecule has 2 heterocycles. The van der Waals surface area contributed by atoms with Crippen LogP contribution in [0, 0.1) is 0 Å². The summed E-state index contributed by atoms with van der Waals surface area (Å²) in [6.45, 7) is 2.86. The van der Waals surface area contributed by atoms with Gasteiger partial charge in [0.2, 0.25) is 0 Å². The number of hydrogen-bond donors (Lipinski definition) is 1. The van der Waals surface area contributed by atoms with E-state index >= 15 is 0 Å². The minimum absolute atomic E-state index is 0.243. The number of ether oxygens (including phenoxy) is 1. The Bertz CT molecular complexity index is 882. The molecule has 0 fully saturated rings. The van der Waals surface area contributed by atoms with Crippen molar-refractivity contribution in [2.75, 3.05) is 18.5 Å². The second-order valence-corrected chi connectivity index (χ2v) is 7.14. The largest absolute Gasteiger partial charge is 0.450 e. The smallest absolute Gasteiger partial charge is 0.410 e. The van der Waals surface area contributed by atoms with Gasteiger partial charge in [-0.2, -0.15) is 0 Å². The zero-order valence-corrected chi connectivity index (χ0v) is 16.7. The molecule has 0 radical (unpaired) electrons. The Labute approximate surface area is 171 Å². The second kappa shape index (κ2) is 8.33. The molecule has 0 bridgehead atoms. The highest BCUT2D eigenvalue weighted by atomic mass is 35.5. The van der Waals surface area contributed by atoms with E-state index in [-0.39, 0.29) is 27.7 Å². The van der Waals surface area contributed by atoms with Crippen LogP contribution < -0.4 is 5.32 Å². The summed E-state index contributed by atoms with van der Waals surface area (Å²) in [6, 6.07) is 3.00. The van der Waals surface area contributed by atoms with E-state index < -0.39 is 0 Å². The lowest BCUT2D eigenvalue weighted by molar-refractivity contribution is 0.101. The summed E-state index contributed by atoms with van der Waals surface area (Å²) in [5, 5.41) is 3.58. The van der Waals surface area contributed by atoms with E-state index in [0.29, 0.717) is 36.7 Å². The molecule has 0 saturated heterocycles. The third-order valence-electron chi connectivity index (χ3n) is 4.16. The fourth-order valence-electron chi connectivity index (χ4n) is 2.90. The zero-order chi connectivity index (χ0) is 19.6. The van der Waals surface area contributed by atoms with Crippen LogP contribution in [0.4, 0.5) is 10.5 Å². The number of rotatable bonds is 3. The third kappa shape index (κ3) is 4.29. The molecule has 0 aliphatic carbocycles. The predicted octanol–water partition coefficient (Wildman–Crippen LogP) is 4.81. The molecule has 1 aromatic carbocycles. The van der Waals surface area contributed by atoms with Gasteiger partial charge in [0.1, 0.15) is 0 Å². The van der Waals surface area contributed by atoms with Gasteiger partial charge in [0.25, 0.3) is 5.91 Å². The third-order valence-corrected chi connectivity index (χ3v) is 4.97. The molecule has 3 rings (SSSR count). The molecule has 2 aromatic rings. The highest BCUT2D eigenvalue weighted by Crippen LogP contribution is 2.34. The van der Waals surface area contributed by atoms with E-state index in [1.807, 2.05) is 0 Å². The summed E-state index contributed by atoms with van der Waals surface area (Å²) in [5.74, 6) is -0.380. The lowest BCUT2D eigenvalue weighted by Gasteiger charge is -2.28.